The van der Waals surface area contributed by atoms with E-state index in [1.54, 1.807) is 30.6 Å². The van der Waals surface area contributed by atoms with E-state index in [0.29, 0.717) is 16.8 Å². The molecule has 1 aromatic heterocycles. The molecule has 1 aromatic carbocycles. The standard InChI is InChI=1S/C11H9ClN4/c12-9-4-1-3-8(7-9)10(13)16-11-14-5-2-6-15-11/h1-7H,(H2,13,14,15,16). The quantitative estimate of drug-likeness (QED) is 0.638. The first kappa shape index (κ1) is 10.6. The Labute approximate surface area is 97.8 Å². The number of benzene rings is 1. The molecule has 80 valence electrons. The van der Waals surface area contributed by atoms with Crippen molar-refractivity contribution in [3.05, 3.63) is 53.3 Å². The van der Waals surface area contributed by atoms with E-state index in [4.69, 9.17) is 17.3 Å². The first-order valence-corrected chi connectivity index (χ1v) is 5.00. The average molecular weight is 233 g/mol. The number of nitrogens with zero attached hydrogens (tertiary/aromatic N) is 3. The molecule has 2 N–H and O–H groups in total. The molecular formula is C11H9ClN4. The van der Waals surface area contributed by atoms with Crippen LogP contribution in [0.3, 0.4) is 0 Å². The summed E-state index contributed by atoms with van der Waals surface area (Å²) in [6, 6.07) is 8.87. The van der Waals surface area contributed by atoms with Crippen LogP contribution in [-0.2, 0) is 0 Å². The van der Waals surface area contributed by atoms with Gasteiger partial charge in [-0.1, -0.05) is 23.7 Å². The fourth-order valence-corrected chi connectivity index (χ4v) is 1.36. The van der Waals surface area contributed by atoms with Gasteiger partial charge >= 0.3 is 0 Å². The highest BCUT2D eigenvalue weighted by atomic mass is 35.5. The monoisotopic (exact) mass is 232 g/mol. The summed E-state index contributed by atoms with van der Waals surface area (Å²) in [5.74, 6) is 0.675. The van der Waals surface area contributed by atoms with E-state index in [1.807, 2.05) is 12.1 Å². The summed E-state index contributed by atoms with van der Waals surface area (Å²) >= 11 is 5.85. The largest absolute Gasteiger partial charge is 0.383 e. The van der Waals surface area contributed by atoms with E-state index in [2.05, 4.69) is 15.0 Å². The highest BCUT2D eigenvalue weighted by Gasteiger charge is 2.00. The number of aliphatic imine (C=N–C) groups is 1. The van der Waals surface area contributed by atoms with Crippen molar-refractivity contribution in [3.8, 4) is 0 Å². The van der Waals surface area contributed by atoms with Crippen LogP contribution in [-0.4, -0.2) is 15.8 Å². The molecule has 0 aliphatic heterocycles. The number of aromatic nitrogens is 2. The topological polar surface area (TPSA) is 64.2 Å². The normalized spacial score (nSPS) is 11.4. The minimum absolute atomic E-state index is 0.333. The van der Waals surface area contributed by atoms with Crippen molar-refractivity contribution in [2.24, 2.45) is 10.7 Å². The number of nitrogens with two attached hydrogens (primary N) is 1. The van der Waals surface area contributed by atoms with Crippen molar-refractivity contribution in [2.45, 2.75) is 0 Å². The van der Waals surface area contributed by atoms with E-state index < -0.39 is 0 Å². The molecule has 5 heteroatoms. The lowest BCUT2D eigenvalue weighted by molar-refractivity contribution is 1.13. The van der Waals surface area contributed by atoms with Crippen LogP contribution < -0.4 is 5.73 Å². The summed E-state index contributed by atoms with van der Waals surface area (Å²) in [5.41, 5.74) is 6.56. The van der Waals surface area contributed by atoms with Gasteiger partial charge < -0.3 is 5.73 Å². The van der Waals surface area contributed by atoms with Gasteiger partial charge in [0.15, 0.2) is 0 Å². The maximum atomic E-state index is 5.85. The number of rotatable bonds is 2. The van der Waals surface area contributed by atoms with Gasteiger partial charge in [-0.05, 0) is 18.2 Å². The third-order valence-electron chi connectivity index (χ3n) is 1.89. The molecule has 0 saturated carbocycles. The van der Waals surface area contributed by atoms with Gasteiger partial charge in [-0.15, -0.1) is 0 Å². The Morgan fingerprint density at radius 1 is 1.19 bits per heavy atom. The Kier molecular flexibility index (Phi) is 3.12. The van der Waals surface area contributed by atoms with Crippen LogP contribution in [0.1, 0.15) is 5.56 Å². The predicted molar refractivity (Wildman–Crippen MR) is 63.9 cm³/mol. The van der Waals surface area contributed by atoms with Crippen LogP contribution in [0.2, 0.25) is 5.02 Å². The molecule has 0 radical (unpaired) electrons. The molecule has 2 rings (SSSR count). The third-order valence-corrected chi connectivity index (χ3v) is 2.13. The highest BCUT2D eigenvalue weighted by Crippen LogP contribution is 2.11. The van der Waals surface area contributed by atoms with Crippen molar-refractivity contribution in [1.82, 2.24) is 9.97 Å². The van der Waals surface area contributed by atoms with Gasteiger partial charge in [-0.2, -0.15) is 4.99 Å². The Balaban J connectivity index is 2.32. The number of amidine groups is 1. The third kappa shape index (κ3) is 2.55. The summed E-state index contributed by atoms with van der Waals surface area (Å²) in [7, 11) is 0. The zero-order chi connectivity index (χ0) is 11.4. The predicted octanol–water partition coefficient (Wildman–Crippen LogP) is 2.17. The van der Waals surface area contributed by atoms with Crippen LogP contribution in [0.5, 0.6) is 0 Å². The van der Waals surface area contributed by atoms with Crippen LogP contribution in [0.25, 0.3) is 0 Å². The molecule has 0 saturated heterocycles. The van der Waals surface area contributed by atoms with Gasteiger partial charge in [0.2, 0.25) is 0 Å². The molecular weight excluding hydrogens is 224 g/mol. The zero-order valence-electron chi connectivity index (χ0n) is 8.34. The molecule has 0 bridgehead atoms. The molecule has 0 unspecified atom stereocenters. The van der Waals surface area contributed by atoms with Gasteiger partial charge in [0.1, 0.15) is 5.84 Å². The summed E-state index contributed by atoms with van der Waals surface area (Å²) in [6.45, 7) is 0. The lowest BCUT2D eigenvalue weighted by atomic mass is 10.2. The molecule has 0 aliphatic carbocycles. The summed E-state index contributed by atoms with van der Waals surface area (Å²) in [5, 5.41) is 0.615. The molecule has 16 heavy (non-hydrogen) atoms. The second-order valence-corrected chi connectivity index (χ2v) is 3.49. The first-order chi connectivity index (χ1) is 7.75. The fraction of sp³-hybridized carbons (Fsp3) is 0. The molecule has 0 amide bonds. The van der Waals surface area contributed by atoms with E-state index in [-0.39, 0.29) is 0 Å². The number of halogens is 1. The minimum atomic E-state index is 0.333. The van der Waals surface area contributed by atoms with Crippen molar-refractivity contribution in [3.63, 3.8) is 0 Å². The second kappa shape index (κ2) is 4.72. The fourth-order valence-electron chi connectivity index (χ4n) is 1.17. The number of hydrogen-bond acceptors (Lipinski definition) is 3. The highest BCUT2D eigenvalue weighted by molar-refractivity contribution is 6.31. The molecule has 2 aromatic rings. The van der Waals surface area contributed by atoms with Crippen LogP contribution in [0, 0.1) is 0 Å². The van der Waals surface area contributed by atoms with Gasteiger partial charge in [0.05, 0.1) is 0 Å². The molecule has 0 atom stereocenters. The van der Waals surface area contributed by atoms with Crippen molar-refractivity contribution >= 4 is 23.4 Å². The Hall–Kier alpha value is -1.94. The lowest BCUT2D eigenvalue weighted by Crippen LogP contribution is -2.12. The summed E-state index contributed by atoms with van der Waals surface area (Å²) in [6.07, 6.45) is 3.22. The maximum absolute atomic E-state index is 5.85. The Morgan fingerprint density at radius 3 is 2.62 bits per heavy atom. The lowest BCUT2D eigenvalue weighted by Gasteiger charge is -2.00. The van der Waals surface area contributed by atoms with E-state index in [1.165, 1.54) is 0 Å². The van der Waals surface area contributed by atoms with Crippen molar-refractivity contribution < 1.29 is 0 Å². The Bertz CT molecular complexity index is 510. The molecule has 0 fully saturated rings. The van der Waals surface area contributed by atoms with E-state index in [9.17, 15) is 0 Å². The molecule has 4 nitrogen and oxygen atoms in total. The zero-order valence-corrected chi connectivity index (χ0v) is 9.09. The second-order valence-electron chi connectivity index (χ2n) is 3.06. The SMILES string of the molecule is NC(=Nc1ncccn1)c1cccc(Cl)c1. The summed E-state index contributed by atoms with van der Waals surface area (Å²) in [4.78, 5) is 12.0. The molecule has 0 aliphatic rings. The molecule has 0 spiro atoms. The smallest absolute Gasteiger partial charge is 0.251 e. The minimum Gasteiger partial charge on any atom is -0.383 e. The average Bonchev–Trinajstić information content (AvgIpc) is 2.30. The van der Waals surface area contributed by atoms with Gasteiger partial charge in [0, 0.05) is 23.0 Å². The van der Waals surface area contributed by atoms with Gasteiger partial charge in [-0.3, -0.25) is 0 Å². The first-order valence-electron chi connectivity index (χ1n) is 4.63. The van der Waals surface area contributed by atoms with Crippen molar-refractivity contribution in [2.75, 3.05) is 0 Å². The maximum Gasteiger partial charge on any atom is 0.251 e. The van der Waals surface area contributed by atoms with Gasteiger partial charge in [-0.25, -0.2) is 9.97 Å². The van der Waals surface area contributed by atoms with Gasteiger partial charge in [0.25, 0.3) is 5.95 Å². The van der Waals surface area contributed by atoms with Crippen LogP contribution >= 0.6 is 11.6 Å². The summed E-state index contributed by atoms with van der Waals surface area (Å²) < 4.78 is 0. The molecule has 1 heterocycles. The van der Waals surface area contributed by atoms with Crippen LogP contribution in [0.4, 0.5) is 5.95 Å². The van der Waals surface area contributed by atoms with E-state index in [0.717, 1.165) is 5.56 Å². The van der Waals surface area contributed by atoms with Crippen molar-refractivity contribution in [1.29, 1.82) is 0 Å². The Morgan fingerprint density at radius 2 is 1.94 bits per heavy atom. The number of hydrogen-bond donors (Lipinski definition) is 1. The van der Waals surface area contributed by atoms with Crippen LogP contribution in [0.15, 0.2) is 47.7 Å². The van der Waals surface area contributed by atoms with E-state index >= 15 is 0 Å².